The smallest absolute Gasteiger partial charge is 0.379 e. The van der Waals surface area contributed by atoms with Crippen molar-refractivity contribution in [1.29, 1.82) is 0 Å². The first-order valence-electron chi connectivity index (χ1n) is 10.3. The average molecular weight is 482 g/mol. The van der Waals surface area contributed by atoms with Crippen molar-refractivity contribution in [3.63, 3.8) is 0 Å². The molecule has 0 bridgehead atoms. The summed E-state index contributed by atoms with van der Waals surface area (Å²) in [5.41, 5.74) is -0.260. The van der Waals surface area contributed by atoms with E-state index in [0.717, 1.165) is 12.1 Å². The van der Waals surface area contributed by atoms with Crippen molar-refractivity contribution < 1.29 is 17.9 Å². The Morgan fingerprint density at radius 1 is 1.09 bits per heavy atom. The Bertz CT molecular complexity index is 1030. The van der Waals surface area contributed by atoms with Crippen molar-refractivity contribution in [3.8, 4) is 0 Å². The molecule has 1 unspecified atom stereocenters. The minimum absolute atomic E-state index is 0.218. The first-order valence-corrected chi connectivity index (χ1v) is 11.1. The number of rotatable bonds is 3. The molecule has 2 aliphatic heterocycles. The molecule has 2 heterocycles. The molecule has 9 heteroatoms. The van der Waals surface area contributed by atoms with Crippen LogP contribution < -0.4 is 4.90 Å². The molecule has 0 aromatic heterocycles. The maximum atomic E-state index is 13.4. The van der Waals surface area contributed by atoms with Crippen molar-refractivity contribution in [3.05, 3.63) is 59.1 Å². The van der Waals surface area contributed by atoms with Crippen LogP contribution >= 0.6 is 23.8 Å². The van der Waals surface area contributed by atoms with Crippen LogP contribution in [0.1, 0.15) is 19.4 Å². The van der Waals surface area contributed by atoms with Gasteiger partial charge in [0, 0.05) is 29.2 Å². The minimum Gasteiger partial charge on any atom is -0.379 e. The number of thiocarbonyl (C=S) groups is 1. The van der Waals surface area contributed by atoms with Crippen LogP contribution in [0.5, 0.6) is 0 Å². The zero-order valence-electron chi connectivity index (χ0n) is 17.7. The lowest BCUT2D eigenvalue weighted by Crippen LogP contribution is -2.52. The lowest BCUT2D eigenvalue weighted by atomic mass is 9.85. The highest BCUT2D eigenvalue weighted by Crippen LogP contribution is 2.42. The highest BCUT2D eigenvalue weighted by atomic mass is 35.5. The molecule has 0 radical (unpaired) electrons. The molecule has 4 nitrogen and oxygen atoms in total. The Kier molecular flexibility index (Phi) is 6.33. The zero-order chi connectivity index (χ0) is 23.1. The summed E-state index contributed by atoms with van der Waals surface area (Å²) in [5, 5.41) is 0.579. The summed E-state index contributed by atoms with van der Waals surface area (Å²) in [6.45, 7) is 6.56. The molecule has 2 saturated heterocycles. The number of benzene rings is 2. The summed E-state index contributed by atoms with van der Waals surface area (Å²) in [4.78, 5) is 9.35. The second kappa shape index (κ2) is 8.74. The van der Waals surface area contributed by atoms with Gasteiger partial charge in [0.15, 0.2) is 0 Å². The van der Waals surface area contributed by atoms with Crippen LogP contribution in [0.25, 0.3) is 0 Å². The largest absolute Gasteiger partial charge is 0.416 e. The molecule has 0 spiro atoms. The maximum Gasteiger partial charge on any atom is 0.416 e. The summed E-state index contributed by atoms with van der Waals surface area (Å²) in [6.07, 6.45) is -4.45. The van der Waals surface area contributed by atoms with Gasteiger partial charge in [-0.2, -0.15) is 13.2 Å². The molecule has 0 saturated carbocycles. The molecule has 1 atom stereocenters. The van der Waals surface area contributed by atoms with E-state index in [2.05, 4.69) is 4.90 Å². The van der Waals surface area contributed by atoms with E-state index in [9.17, 15) is 13.2 Å². The molecular weight excluding hydrogens is 459 g/mol. The second-order valence-corrected chi connectivity index (χ2v) is 9.23. The summed E-state index contributed by atoms with van der Waals surface area (Å²) in [7, 11) is 0. The number of anilines is 1. The van der Waals surface area contributed by atoms with E-state index >= 15 is 0 Å². The number of morpholine rings is 1. The lowest BCUT2D eigenvalue weighted by molar-refractivity contribution is -0.137. The van der Waals surface area contributed by atoms with Gasteiger partial charge in [-0.1, -0.05) is 43.7 Å². The van der Waals surface area contributed by atoms with Crippen LogP contribution in [0.15, 0.2) is 53.5 Å². The molecular formula is C23H23ClF3N3OS. The number of aliphatic imine (C=N–C) groups is 1. The van der Waals surface area contributed by atoms with Gasteiger partial charge in [-0.05, 0) is 42.5 Å². The Hall–Kier alpha value is -2.00. The van der Waals surface area contributed by atoms with Crippen LogP contribution in [0, 0.1) is 5.41 Å². The van der Waals surface area contributed by atoms with Gasteiger partial charge in [0.1, 0.15) is 5.84 Å². The third-order valence-electron chi connectivity index (χ3n) is 5.82. The van der Waals surface area contributed by atoms with Gasteiger partial charge in [-0.15, -0.1) is 0 Å². The maximum absolute atomic E-state index is 13.4. The molecule has 4 rings (SSSR count). The Balaban J connectivity index is 1.86. The predicted molar refractivity (Wildman–Crippen MR) is 125 cm³/mol. The van der Waals surface area contributed by atoms with Crippen molar-refractivity contribution in [2.24, 2.45) is 10.4 Å². The van der Waals surface area contributed by atoms with E-state index in [-0.39, 0.29) is 6.04 Å². The normalized spacial score (nSPS) is 23.2. The lowest BCUT2D eigenvalue weighted by Gasteiger charge is -2.38. The molecule has 2 aromatic rings. The van der Waals surface area contributed by atoms with E-state index in [1.807, 2.05) is 13.8 Å². The highest BCUT2D eigenvalue weighted by Gasteiger charge is 2.52. The zero-order valence-corrected chi connectivity index (χ0v) is 19.3. The number of ether oxygens (including phenoxy) is 1. The number of alkyl halides is 3. The van der Waals surface area contributed by atoms with Gasteiger partial charge in [0.25, 0.3) is 0 Å². The van der Waals surface area contributed by atoms with E-state index < -0.39 is 17.2 Å². The number of halogens is 4. The third-order valence-corrected chi connectivity index (χ3v) is 6.78. The van der Waals surface area contributed by atoms with Gasteiger partial charge in [-0.25, -0.2) is 4.99 Å². The van der Waals surface area contributed by atoms with Crippen LogP contribution in [0.3, 0.4) is 0 Å². The number of nitrogens with zero attached hydrogens (tertiary/aromatic N) is 3. The van der Waals surface area contributed by atoms with Crippen LogP contribution in [0.2, 0.25) is 5.02 Å². The molecule has 0 N–H and O–H groups in total. The fourth-order valence-corrected chi connectivity index (χ4v) is 4.68. The second-order valence-electron chi connectivity index (χ2n) is 8.41. The Labute approximate surface area is 195 Å². The first-order chi connectivity index (χ1) is 15.1. The molecule has 2 fully saturated rings. The molecule has 170 valence electrons. The van der Waals surface area contributed by atoms with Crippen LogP contribution in [-0.2, 0) is 10.9 Å². The molecule has 32 heavy (non-hydrogen) atoms. The number of hydrogen-bond donors (Lipinski definition) is 0. The minimum atomic E-state index is -4.45. The van der Waals surface area contributed by atoms with Gasteiger partial charge < -0.3 is 4.74 Å². The van der Waals surface area contributed by atoms with Gasteiger partial charge >= 0.3 is 6.18 Å². The fraction of sp³-hybridized carbons (Fsp3) is 0.391. The number of amidine groups is 1. The number of hydrogen-bond acceptors (Lipinski definition) is 4. The van der Waals surface area contributed by atoms with Gasteiger partial charge in [0.05, 0.1) is 35.5 Å². The van der Waals surface area contributed by atoms with E-state index in [1.165, 1.54) is 6.07 Å². The van der Waals surface area contributed by atoms with E-state index in [1.54, 1.807) is 35.2 Å². The standard InChI is InChI=1S/C23H23ClF3N3OS/c1-22(2)19(29-10-12-31-13-11-29)20(28-17-8-6-16(24)7-9-17)30(21(22)32)18-5-3-4-15(14-18)23(25,26)27/h3-9,14,19H,10-13H2,1-2H3. The molecule has 2 aliphatic rings. The van der Waals surface area contributed by atoms with E-state index in [4.69, 9.17) is 33.5 Å². The van der Waals surface area contributed by atoms with Crippen LogP contribution in [-0.4, -0.2) is 48.1 Å². The van der Waals surface area contributed by atoms with Gasteiger partial charge in [-0.3, -0.25) is 9.80 Å². The average Bonchev–Trinajstić information content (AvgIpc) is 2.95. The summed E-state index contributed by atoms with van der Waals surface area (Å²) >= 11 is 11.9. The molecule has 0 amide bonds. The van der Waals surface area contributed by atoms with Crippen molar-refractivity contribution in [2.75, 3.05) is 31.2 Å². The van der Waals surface area contributed by atoms with Crippen molar-refractivity contribution in [1.82, 2.24) is 4.90 Å². The fourth-order valence-electron chi connectivity index (χ4n) is 4.24. The molecule has 0 aliphatic carbocycles. The third kappa shape index (κ3) is 4.41. The summed E-state index contributed by atoms with van der Waals surface area (Å²) < 4.78 is 45.8. The monoisotopic (exact) mass is 481 g/mol. The van der Waals surface area contributed by atoms with Crippen LogP contribution in [0.4, 0.5) is 24.5 Å². The van der Waals surface area contributed by atoms with Gasteiger partial charge in [0.2, 0.25) is 0 Å². The first kappa shape index (κ1) is 23.2. The van der Waals surface area contributed by atoms with E-state index in [0.29, 0.717) is 53.5 Å². The Morgan fingerprint density at radius 3 is 2.38 bits per heavy atom. The summed E-state index contributed by atoms with van der Waals surface area (Å²) in [5.74, 6) is 0.601. The predicted octanol–water partition coefficient (Wildman–Crippen LogP) is 5.96. The van der Waals surface area contributed by atoms with Crippen molar-refractivity contribution in [2.45, 2.75) is 26.1 Å². The SMILES string of the molecule is CC1(C)C(=S)N(c2cccc(C(F)(F)F)c2)C(=Nc2ccc(Cl)cc2)C1N1CCOCC1. The summed E-state index contributed by atoms with van der Waals surface area (Å²) in [6, 6.07) is 12.0. The quantitative estimate of drug-likeness (QED) is 0.505. The Morgan fingerprint density at radius 2 is 1.75 bits per heavy atom. The molecule has 2 aromatic carbocycles. The topological polar surface area (TPSA) is 28.1 Å². The van der Waals surface area contributed by atoms with Crippen molar-refractivity contribution >= 4 is 46.0 Å². The highest BCUT2D eigenvalue weighted by molar-refractivity contribution is 7.80.